The number of benzene rings is 1. The van der Waals surface area contributed by atoms with Gasteiger partial charge in [0, 0.05) is 22.7 Å². The lowest BCUT2D eigenvalue weighted by Gasteiger charge is -2.11. The first-order valence-corrected chi connectivity index (χ1v) is 5.43. The number of fused-ring (bicyclic) bond motifs is 1. The van der Waals surface area contributed by atoms with Gasteiger partial charge < -0.3 is 4.98 Å². The molecule has 2 rings (SSSR count). The highest BCUT2D eigenvalue weighted by Crippen LogP contribution is 2.20. The second-order valence-electron chi connectivity index (χ2n) is 4.46. The Kier molecular flexibility index (Phi) is 2.73. The van der Waals surface area contributed by atoms with Crippen LogP contribution in [0, 0.1) is 18.6 Å². The van der Waals surface area contributed by atoms with Gasteiger partial charge in [-0.25, -0.2) is 8.78 Å². The summed E-state index contributed by atoms with van der Waals surface area (Å²) < 4.78 is 26.2. The molecular formula is C13H13F2NO. The third-order valence-corrected chi connectivity index (χ3v) is 2.90. The van der Waals surface area contributed by atoms with E-state index < -0.39 is 11.6 Å². The van der Waals surface area contributed by atoms with Crippen molar-refractivity contribution in [2.45, 2.75) is 26.7 Å². The summed E-state index contributed by atoms with van der Waals surface area (Å²) in [5.74, 6) is -1.83. The van der Waals surface area contributed by atoms with E-state index in [1.165, 1.54) is 0 Å². The van der Waals surface area contributed by atoms with E-state index in [4.69, 9.17) is 0 Å². The molecule has 2 nitrogen and oxygen atoms in total. The SMILES string of the molecule is Cc1c(C(C)C)[nH]c2cc(F)c(F)cc2c1=O. The van der Waals surface area contributed by atoms with Gasteiger partial charge >= 0.3 is 0 Å². The molecule has 1 N–H and O–H groups in total. The lowest BCUT2D eigenvalue weighted by Crippen LogP contribution is -2.13. The van der Waals surface area contributed by atoms with E-state index in [1.54, 1.807) is 6.92 Å². The highest BCUT2D eigenvalue weighted by atomic mass is 19.2. The molecule has 1 aromatic carbocycles. The molecule has 0 aliphatic carbocycles. The Morgan fingerprint density at radius 3 is 2.35 bits per heavy atom. The van der Waals surface area contributed by atoms with Gasteiger partial charge in [0.1, 0.15) is 0 Å². The Bertz CT molecular complexity index is 644. The van der Waals surface area contributed by atoms with E-state index in [9.17, 15) is 13.6 Å². The molecule has 0 atom stereocenters. The molecule has 0 saturated carbocycles. The molecule has 2 aromatic rings. The smallest absolute Gasteiger partial charge is 0.192 e. The summed E-state index contributed by atoms with van der Waals surface area (Å²) in [6.07, 6.45) is 0. The van der Waals surface area contributed by atoms with Crippen molar-refractivity contribution < 1.29 is 8.78 Å². The molecule has 90 valence electrons. The molecule has 1 heterocycles. The van der Waals surface area contributed by atoms with Crippen LogP contribution in [0.15, 0.2) is 16.9 Å². The fraction of sp³-hybridized carbons (Fsp3) is 0.308. The van der Waals surface area contributed by atoms with Crippen LogP contribution < -0.4 is 5.43 Å². The van der Waals surface area contributed by atoms with Crippen LogP contribution >= 0.6 is 0 Å². The lowest BCUT2D eigenvalue weighted by molar-refractivity contribution is 0.510. The minimum absolute atomic E-state index is 0.125. The van der Waals surface area contributed by atoms with Crippen LogP contribution in [0.4, 0.5) is 8.78 Å². The topological polar surface area (TPSA) is 32.9 Å². The molecule has 0 radical (unpaired) electrons. The van der Waals surface area contributed by atoms with Gasteiger partial charge in [0.2, 0.25) is 0 Å². The summed E-state index contributed by atoms with van der Waals surface area (Å²) in [6.45, 7) is 5.56. The van der Waals surface area contributed by atoms with Gasteiger partial charge in [0.05, 0.1) is 5.52 Å². The Morgan fingerprint density at radius 1 is 1.18 bits per heavy atom. The first kappa shape index (κ1) is 11.8. The third kappa shape index (κ3) is 1.84. The molecule has 0 spiro atoms. The number of aromatic nitrogens is 1. The number of aromatic amines is 1. The van der Waals surface area contributed by atoms with Crippen molar-refractivity contribution in [2.24, 2.45) is 0 Å². The molecule has 0 amide bonds. The molecule has 0 aliphatic heterocycles. The molecule has 1 aromatic heterocycles. The van der Waals surface area contributed by atoms with Crippen molar-refractivity contribution in [1.29, 1.82) is 0 Å². The molecule has 0 bridgehead atoms. The molecule has 4 heteroatoms. The first-order chi connectivity index (χ1) is 7.91. The second kappa shape index (κ2) is 3.95. The van der Waals surface area contributed by atoms with E-state index in [2.05, 4.69) is 4.98 Å². The number of H-pyrrole nitrogens is 1. The maximum Gasteiger partial charge on any atom is 0.192 e. The van der Waals surface area contributed by atoms with Crippen molar-refractivity contribution in [3.05, 3.63) is 45.2 Å². The van der Waals surface area contributed by atoms with Crippen LogP contribution in [0.3, 0.4) is 0 Å². The van der Waals surface area contributed by atoms with Crippen molar-refractivity contribution in [2.75, 3.05) is 0 Å². The van der Waals surface area contributed by atoms with Gasteiger partial charge in [0.25, 0.3) is 0 Å². The van der Waals surface area contributed by atoms with E-state index in [0.29, 0.717) is 11.1 Å². The Labute approximate surface area is 97.3 Å². The van der Waals surface area contributed by atoms with Gasteiger partial charge in [-0.15, -0.1) is 0 Å². The van der Waals surface area contributed by atoms with Crippen LogP contribution in [-0.2, 0) is 0 Å². The predicted molar refractivity (Wildman–Crippen MR) is 63.3 cm³/mol. The predicted octanol–water partition coefficient (Wildman–Crippen LogP) is 3.24. The van der Waals surface area contributed by atoms with Crippen LogP contribution in [0.25, 0.3) is 10.9 Å². The van der Waals surface area contributed by atoms with Crippen LogP contribution in [0.5, 0.6) is 0 Å². The van der Waals surface area contributed by atoms with E-state index in [1.807, 2.05) is 13.8 Å². The zero-order valence-electron chi connectivity index (χ0n) is 9.90. The highest BCUT2D eigenvalue weighted by molar-refractivity contribution is 5.79. The standard InChI is InChI=1S/C13H13F2NO/c1-6(2)12-7(3)13(17)8-4-9(14)10(15)5-11(8)16-12/h4-6H,1-3H3,(H,16,17). The fourth-order valence-corrected chi connectivity index (χ4v) is 1.98. The lowest BCUT2D eigenvalue weighted by atomic mass is 10.0. The molecule has 0 fully saturated rings. The summed E-state index contributed by atoms with van der Waals surface area (Å²) in [6, 6.07) is 1.97. The number of halogens is 2. The third-order valence-electron chi connectivity index (χ3n) is 2.90. The largest absolute Gasteiger partial charge is 0.358 e. The summed E-state index contributed by atoms with van der Waals surface area (Å²) in [7, 11) is 0. The normalized spacial score (nSPS) is 11.4. The summed E-state index contributed by atoms with van der Waals surface area (Å²) in [5, 5.41) is 0.186. The summed E-state index contributed by atoms with van der Waals surface area (Å²) >= 11 is 0. The quantitative estimate of drug-likeness (QED) is 0.811. The molecule has 0 unspecified atom stereocenters. The number of hydrogen-bond donors (Lipinski definition) is 1. The van der Waals surface area contributed by atoms with Crippen molar-refractivity contribution in [3.63, 3.8) is 0 Å². The minimum Gasteiger partial charge on any atom is -0.358 e. The number of nitrogens with one attached hydrogen (secondary N) is 1. The number of pyridine rings is 1. The van der Waals surface area contributed by atoms with E-state index in [-0.39, 0.29) is 16.7 Å². The van der Waals surface area contributed by atoms with Gasteiger partial charge in [-0.1, -0.05) is 13.8 Å². The average Bonchev–Trinajstić information content (AvgIpc) is 2.26. The van der Waals surface area contributed by atoms with Crippen molar-refractivity contribution in [1.82, 2.24) is 4.98 Å². The molecule has 0 saturated heterocycles. The van der Waals surface area contributed by atoms with Gasteiger partial charge in [-0.05, 0) is 18.9 Å². The Balaban J connectivity index is 2.91. The zero-order valence-corrected chi connectivity index (χ0v) is 9.90. The maximum absolute atomic E-state index is 13.1. The monoisotopic (exact) mass is 237 g/mol. The van der Waals surface area contributed by atoms with Gasteiger partial charge in [-0.3, -0.25) is 4.79 Å². The first-order valence-electron chi connectivity index (χ1n) is 5.43. The highest BCUT2D eigenvalue weighted by Gasteiger charge is 2.13. The molecular weight excluding hydrogens is 224 g/mol. The van der Waals surface area contributed by atoms with Gasteiger partial charge in [-0.2, -0.15) is 0 Å². The van der Waals surface area contributed by atoms with Gasteiger partial charge in [0.15, 0.2) is 17.1 Å². The van der Waals surface area contributed by atoms with E-state index in [0.717, 1.165) is 17.8 Å². The summed E-state index contributed by atoms with van der Waals surface area (Å²) in [5.41, 5.74) is 1.40. The van der Waals surface area contributed by atoms with Crippen LogP contribution in [-0.4, -0.2) is 4.98 Å². The second-order valence-corrected chi connectivity index (χ2v) is 4.46. The Hall–Kier alpha value is -1.71. The fourth-order valence-electron chi connectivity index (χ4n) is 1.98. The Morgan fingerprint density at radius 2 is 1.76 bits per heavy atom. The average molecular weight is 237 g/mol. The maximum atomic E-state index is 13.1. The molecule has 17 heavy (non-hydrogen) atoms. The minimum atomic E-state index is -1.00. The molecule has 0 aliphatic rings. The van der Waals surface area contributed by atoms with Crippen molar-refractivity contribution >= 4 is 10.9 Å². The van der Waals surface area contributed by atoms with Crippen LogP contribution in [0.1, 0.15) is 31.0 Å². The van der Waals surface area contributed by atoms with Crippen molar-refractivity contribution in [3.8, 4) is 0 Å². The van der Waals surface area contributed by atoms with Crippen LogP contribution in [0.2, 0.25) is 0 Å². The number of hydrogen-bond acceptors (Lipinski definition) is 1. The summed E-state index contributed by atoms with van der Waals surface area (Å²) in [4.78, 5) is 15.0. The number of rotatable bonds is 1. The van der Waals surface area contributed by atoms with E-state index >= 15 is 0 Å². The zero-order chi connectivity index (χ0) is 12.7.